The number of carbonyl (C=O) groups is 2. The van der Waals surface area contributed by atoms with E-state index in [1.807, 2.05) is 61.5 Å². The van der Waals surface area contributed by atoms with Gasteiger partial charge in [-0.15, -0.1) is 0 Å². The van der Waals surface area contributed by atoms with Crippen LogP contribution in [0.2, 0.25) is 0 Å². The monoisotopic (exact) mass is 508 g/mol. The zero-order valence-corrected chi connectivity index (χ0v) is 22.1. The fourth-order valence-electron chi connectivity index (χ4n) is 4.94. The number of aromatic nitrogens is 1. The van der Waals surface area contributed by atoms with E-state index in [1.165, 1.54) is 4.90 Å². The van der Waals surface area contributed by atoms with Crippen molar-refractivity contribution in [1.29, 1.82) is 0 Å². The molecule has 0 radical (unpaired) electrons. The topological polar surface area (TPSA) is 82.6 Å². The van der Waals surface area contributed by atoms with Gasteiger partial charge in [-0.05, 0) is 41.2 Å². The van der Waals surface area contributed by atoms with Crippen LogP contribution in [0.4, 0.5) is 5.69 Å². The molecular formula is C32H32N2O4. The van der Waals surface area contributed by atoms with Crippen molar-refractivity contribution in [1.82, 2.24) is 4.98 Å². The number of anilines is 1. The van der Waals surface area contributed by atoms with E-state index in [4.69, 9.17) is 4.74 Å². The van der Waals surface area contributed by atoms with Crippen LogP contribution >= 0.6 is 0 Å². The Morgan fingerprint density at radius 3 is 2.45 bits per heavy atom. The molecule has 0 aliphatic carbocycles. The molecule has 2 N–H and O–H groups in total. The highest BCUT2D eigenvalue weighted by atomic mass is 16.5. The molecule has 1 aliphatic rings. The minimum atomic E-state index is -0.806. The summed E-state index contributed by atoms with van der Waals surface area (Å²) in [5, 5.41) is 12.4. The number of hydrogen-bond donors (Lipinski definition) is 2. The quantitative estimate of drug-likeness (QED) is 0.169. The lowest BCUT2D eigenvalue weighted by atomic mass is 9.85. The predicted molar refractivity (Wildman–Crippen MR) is 150 cm³/mol. The maximum Gasteiger partial charge on any atom is 0.300 e. The maximum atomic E-state index is 13.6. The highest BCUT2D eigenvalue weighted by Crippen LogP contribution is 2.44. The number of nitrogens with zero attached hydrogens (tertiary/aromatic N) is 1. The third-order valence-electron chi connectivity index (χ3n) is 6.95. The van der Waals surface area contributed by atoms with Gasteiger partial charge in [-0.1, -0.05) is 76.2 Å². The van der Waals surface area contributed by atoms with Crippen molar-refractivity contribution in [3.8, 4) is 5.75 Å². The average molecular weight is 509 g/mol. The lowest BCUT2D eigenvalue weighted by Crippen LogP contribution is -2.29. The molecular weight excluding hydrogens is 476 g/mol. The number of aliphatic hydroxyl groups is 1. The first-order valence-electron chi connectivity index (χ1n) is 12.9. The molecule has 1 amide bonds. The van der Waals surface area contributed by atoms with Crippen molar-refractivity contribution in [2.45, 2.75) is 45.6 Å². The molecule has 0 spiro atoms. The number of aromatic amines is 1. The number of amides is 1. The summed E-state index contributed by atoms with van der Waals surface area (Å²) in [4.78, 5) is 31.8. The molecule has 6 nitrogen and oxygen atoms in total. The normalized spacial score (nSPS) is 17.4. The SMILES string of the molecule is CCCOc1cccc(N2C(=O)C(=O)/C(=C(\O)c3c[nH]c4ccccc34)C2c2ccc(C(C)(C)C)cc2)c1. The van der Waals surface area contributed by atoms with E-state index in [0.717, 1.165) is 28.5 Å². The van der Waals surface area contributed by atoms with Crippen molar-refractivity contribution in [3.05, 3.63) is 101 Å². The Morgan fingerprint density at radius 2 is 1.74 bits per heavy atom. The molecule has 1 unspecified atom stereocenters. The molecule has 0 bridgehead atoms. The number of nitrogens with one attached hydrogen (secondary N) is 1. The van der Waals surface area contributed by atoms with Gasteiger partial charge in [-0.25, -0.2) is 0 Å². The van der Waals surface area contributed by atoms with Crippen LogP contribution in [0, 0.1) is 0 Å². The summed E-state index contributed by atoms with van der Waals surface area (Å²) in [5.74, 6) is -1.00. The molecule has 6 heteroatoms. The van der Waals surface area contributed by atoms with Crippen LogP contribution in [-0.2, 0) is 15.0 Å². The largest absolute Gasteiger partial charge is 0.507 e. The fraction of sp³-hybridized carbons (Fsp3) is 0.250. The summed E-state index contributed by atoms with van der Waals surface area (Å²) in [7, 11) is 0. The Bertz CT molecular complexity index is 1540. The summed E-state index contributed by atoms with van der Waals surface area (Å²) in [6.45, 7) is 8.96. The Kier molecular flexibility index (Phi) is 6.57. The van der Waals surface area contributed by atoms with Crippen molar-refractivity contribution in [2.24, 2.45) is 0 Å². The highest BCUT2D eigenvalue weighted by Gasteiger charge is 2.47. The van der Waals surface area contributed by atoms with Gasteiger partial charge in [-0.3, -0.25) is 14.5 Å². The molecule has 0 saturated carbocycles. The number of rotatable bonds is 6. The van der Waals surface area contributed by atoms with Crippen LogP contribution in [0.25, 0.3) is 16.7 Å². The van der Waals surface area contributed by atoms with Gasteiger partial charge in [-0.2, -0.15) is 0 Å². The summed E-state index contributed by atoms with van der Waals surface area (Å²) < 4.78 is 5.80. The number of Topliss-reactive ketones (excluding diaryl/α,β-unsaturated/α-hetero) is 1. The molecule has 194 valence electrons. The summed E-state index contributed by atoms with van der Waals surface area (Å²) in [6.07, 6.45) is 2.52. The van der Waals surface area contributed by atoms with Gasteiger partial charge in [0, 0.05) is 34.4 Å². The zero-order valence-electron chi connectivity index (χ0n) is 22.1. The lowest BCUT2D eigenvalue weighted by Gasteiger charge is -2.27. The summed E-state index contributed by atoms with van der Waals surface area (Å²) in [5.41, 5.74) is 3.70. The number of fused-ring (bicyclic) bond motifs is 1. The van der Waals surface area contributed by atoms with E-state index in [9.17, 15) is 14.7 Å². The smallest absolute Gasteiger partial charge is 0.300 e. The van der Waals surface area contributed by atoms with Gasteiger partial charge in [0.2, 0.25) is 0 Å². The molecule has 4 aromatic rings. The molecule has 1 atom stereocenters. The second-order valence-electron chi connectivity index (χ2n) is 10.6. The van der Waals surface area contributed by atoms with E-state index in [1.54, 1.807) is 24.4 Å². The van der Waals surface area contributed by atoms with E-state index in [-0.39, 0.29) is 16.7 Å². The molecule has 1 saturated heterocycles. The number of hydrogen-bond acceptors (Lipinski definition) is 4. The molecule has 1 fully saturated rings. The molecule has 2 heterocycles. The first kappa shape index (κ1) is 25.3. The number of ketones is 1. The molecule has 1 aromatic heterocycles. The van der Waals surface area contributed by atoms with Gasteiger partial charge in [0.15, 0.2) is 0 Å². The van der Waals surface area contributed by atoms with Crippen molar-refractivity contribution in [3.63, 3.8) is 0 Å². The van der Waals surface area contributed by atoms with Gasteiger partial charge in [0.25, 0.3) is 11.7 Å². The maximum absolute atomic E-state index is 13.6. The van der Waals surface area contributed by atoms with Crippen LogP contribution in [0.1, 0.15) is 56.8 Å². The number of para-hydroxylation sites is 1. The van der Waals surface area contributed by atoms with Crippen molar-refractivity contribution in [2.75, 3.05) is 11.5 Å². The Morgan fingerprint density at radius 1 is 1.00 bits per heavy atom. The highest BCUT2D eigenvalue weighted by molar-refractivity contribution is 6.51. The third-order valence-corrected chi connectivity index (χ3v) is 6.95. The van der Waals surface area contributed by atoms with E-state index in [0.29, 0.717) is 23.6 Å². The minimum absolute atomic E-state index is 0.0585. The Labute approximate surface area is 222 Å². The number of ether oxygens (including phenoxy) is 1. The average Bonchev–Trinajstić information content (AvgIpc) is 3.46. The van der Waals surface area contributed by atoms with E-state index < -0.39 is 17.7 Å². The summed E-state index contributed by atoms with van der Waals surface area (Å²) in [6, 6.07) is 21.8. The molecule has 5 rings (SSSR count). The van der Waals surface area contributed by atoms with Gasteiger partial charge < -0.3 is 14.8 Å². The van der Waals surface area contributed by atoms with Gasteiger partial charge >= 0.3 is 0 Å². The predicted octanol–water partition coefficient (Wildman–Crippen LogP) is 6.88. The molecule has 3 aromatic carbocycles. The molecule has 1 aliphatic heterocycles. The van der Waals surface area contributed by atoms with Gasteiger partial charge in [0.05, 0.1) is 18.2 Å². The Hall–Kier alpha value is -4.32. The molecule has 38 heavy (non-hydrogen) atoms. The van der Waals surface area contributed by atoms with Gasteiger partial charge in [0.1, 0.15) is 11.5 Å². The van der Waals surface area contributed by atoms with Crippen LogP contribution < -0.4 is 9.64 Å². The fourth-order valence-corrected chi connectivity index (χ4v) is 4.94. The number of benzene rings is 3. The number of carbonyl (C=O) groups excluding carboxylic acids is 2. The summed E-state index contributed by atoms with van der Waals surface area (Å²) >= 11 is 0. The van der Waals surface area contributed by atoms with E-state index >= 15 is 0 Å². The standard InChI is InChI=1S/C32H32N2O4/c1-5-17-38-23-10-8-9-22(18-23)34-28(20-13-15-21(16-14-20)32(2,3)4)27(30(36)31(34)37)29(35)25-19-33-26-12-7-6-11-24(25)26/h6-16,18-19,28,33,35H,5,17H2,1-4H3/b29-27-. The zero-order chi connectivity index (χ0) is 27.0. The van der Waals surface area contributed by atoms with E-state index in [2.05, 4.69) is 25.8 Å². The second kappa shape index (κ2) is 9.86. The second-order valence-corrected chi connectivity index (χ2v) is 10.6. The third kappa shape index (κ3) is 4.47. The first-order valence-corrected chi connectivity index (χ1v) is 12.9. The van der Waals surface area contributed by atoms with Crippen molar-refractivity contribution >= 4 is 34.0 Å². The Balaban J connectivity index is 1.70. The van der Waals surface area contributed by atoms with Crippen molar-refractivity contribution < 1.29 is 19.4 Å². The first-order chi connectivity index (χ1) is 18.2. The van der Waals surface area contributed by atoms with Crippen LogP contribution in [0.15, 0.2) is 84.6 Å². The minimum Gasteiger partial charge on any atom is -0.507 e. The van der Waals surface area contributed by atoms with Crippen LogP contribution in [-0.4, -0.2) is 28.4 Å². The lowest BCUT2D eigenvalue weighted by molar-refractivity contribution is -0.132. The van der Waals surface area contributed by atoms with Crippen LogP contribution in [0.3, 0.4) is 0 Å². The van der Waals surface area contributed by atoms with Crippen LogP contribution in [0.5, 0.6) is 5.75 Å². The number of aliphatic hydroxyl groups excluding tert-OH is 1. The number of H-pyrrole nitrogens is 1.